The molecule has 174 valence electrons. The summed E-state index contributed by atoms with van der Waals surface area (Å²) in [6.45, 7) is 2.78. The second-order valence-corrected chi connectivity index (χ2v) is 9.94. The van der Waals surface area contributed by atoms with Crippen LogP contribution >= 0.6 is 48.0 Å². The van der Waals surface area contributed by atoms with Crippen molar-refractivity contribution in [1.29, 1.82) is 0 Å². The quantitative estimate of drug-likeness (QED) is 0.281. The van der Waals surface area contributed by atoms with Crippen LogP contribution in [-0.2, 0) is 16.1 Å². The summed E-state index contributed by atoms with van der Waals surface area (Å²) in [5.74, 6) is 2.19. The van der Waals surface area contributed by atoms with Gasteiger partial charge in [-0.25, -0.2) is 9.36 Å². The van der Waals surface area contributed by atoms with E-state index in [2.05, 4.69) is 44.2 Å². The van der Waals surface area contributed by atoms with Crippen LogP contribution in [-0.4, -0.2) is 76.0 Å². The third-order valence-electron chi connectivity index (χ3n) is 4.74. The number of nitrogens with one attached hydrogen (secondary N) is 2. The van der Waals surface area contributed by atoms with Gasteiger partial charge in [-0.2, -0.15) is 22.2 Å². The van der Waals surface area contributed by atoms with Gasteiger partial charge in [0.1, 0.15) is 6.10 Å². The van der Waals surface area contributed by atoms with Crippen molar-refractivity contribution in [3.8, 4) is 0 Å². The Labute approximate surface area is 200 Å². The van der Waals surface area contributed by atoms with Crippen LogP contribution < -0.4 is 0 Å². The van der Waals surface area contributed by atoms with Gasteiger partial charge in [0.2, 0.25) is 9.54 Å². The third-order valence-corrected chi connectivity index (χ3v) is 6.87. The van der Waals surface area contributed by atoms with Crippen LogP contribution in [0.25, 0.3) is 0 Å². The summed E-state index contributed by atoms with van der Waals surface area (Å²) in [7, 11) is 0. The Balaban J connectivity index is 0.000000245. The average Bonchev–Trinajstić information content (AvgIpc) is 3.38. The third kappa shape index (κ3) is 9.83. The minimum absolute atomic E-state index is 0.108. The van der Waals surface area contributed by atoms with Gasteiger partial charge < -0.3 is 4.74 Å². The molecule has 1 atom stereocenters. The van der Waals surface area contributed by atoms with E-state index in [-0.39, 0.29) is 12.1 Å². The molecule has 0 bridgehead atoms. The van der Waals surface area contributed by atoms with Crippen molar-refractivity contribution < 1.29 is 9.53 Å². The predicted molar refractivity (Wildman–Crippen MR) is 128 cm³/mol. The number of carbonyl (C=O) groups excluding carboxylic acids is 1. The number of aryl methyl sites for hydroxylation is 1. The molecule has 1 aliphatic rings. The topological polar surface area (TPSA) is 119 Å². The molecule has 31 heavy (non-hydrogen) atoms. The number of thioether (sulfide) groups is 2. The van der Waals surface area contributed by atoms with Crippen molar-refractivity contribution in [2.24, 2.45) is 0 Å². The van der Waals surface area contributed by atoms with E-state index in [0.717, 1.165) is 30.8 Å². The van der Waals surface area contributed by atoms with Gasteiger partial charge in [-0.3, -0.25) is 4.79 Å². The summed E-state index contributed by atoms with van der Waals surface area (Å²) in [5, 5.41) is 20.1. The van der Waals surface area contributed by atoms with E-state index in [1.54, 1.807) is 4.68 Å². The van der Waals surface area contributed by atoms with E-state index >= 15 is 0 Å². The second-order valence-electron chi connectivity index (χ2n) is 7.12. The molecule has 0 spiro atoms. The van der Waals surface area contributed by atoms with E-state index in [0.29, 0.717) is 27.9 Å². The maximum Gasteiger partial charge on any atom is 0.316 e. The molecule has 3 rings (SSSR count). The average molecular weight is 507 g/mol. The van der Waals surface area contributed by atoms with Gasteiger partial charge in [-0.05, 0) is 75.5 Å². The number of hydrogen-bond acceptors (Lipinski definition) is 10. The number of carbonyl (C=O) groups is 1. The maximum absolute atomic E-state index is 11.6. The Kier molecular flexibility index (Phi) is 12.4. The van der Waals surface area contributed by atoms with E-state index < -0.39 is 0 Å². The SMILES string of the molecule is CSCCC(C)n1[nH]nnc1=S.O=C(CSCCn1[nH]nnc1=S)OC1CCCCC1. The fourth-order valence-corrected chi connectivity index (χ4v) is 4.69. The number of hydrogen-bond donors (Lipinski definition) is 2. The van der Waals surface area contributed by atoms with Crippen molar-refractivity contribution in [3.05, 3.63) is 9.54 Å². The smallest absolute Gasteiger partial charge is 0.316 e. The van der Waals surface area contributed by atoms with Crippen molar-refractivity contribution in [2.75, 3.05) is 23.5 Å². The van der Waals surface area contributed by atoms with E-state index in [9.17, 15) is 4.79 Å². The van der Waals surface area contributed by atoms with E-state index in [1.807, 2.05) is 16.4 Å². The zero-order chi connectivity index (χ0) is 22.5. The van der Waals surface area contributed by atoms with Gasteiger partial charge in [-0.1, -0.05) is 27.0 Å². The molecule has 14 heteroatoms. The van der Waals surface area contributed by atoms with Crippen LogP contribution in [0.1, 0.15) is 51.5 Å². The summed E-state index contributed by atoms with van der Waals surface area (Å²) in [4.78, 5) is 11.6. The highest BCUT2D eigenvalue weighted by atomic mass is 32.2. The summed E-state index contributed by atoms with van der Waals surface area (Å²) in [5.41, 5.74) is 0. The van der Waals surface area contributed by atoms with E-state index in [1.165, 1.54) is 31.0 Å². The molecule has 2 N–H and O–H groups in total. The predicted octanol–water partition coefficient (Wildman–Crippen LogP) is 3.59. The highest BCUT2D eigenvalue weighted by molar-refractivity contribution is 7.99. The van der Waals surface area contributed by atoms with Crippen LogP contribution in [0.3, 0.4) is 0 Å². The zero-order valence-corrected chi connectivity index (χ0v) is 21.1. The van der Waals surface area contributed by atoms with Gasteiger partial charge in [0, 0.05) is 5.75 Å². The molecule has 2 aromatic rings. The number of H-pyrrole nitrogens is 2. The molecule has 10 nitrogen and oxygen atoms in total. The Hall–Kier alpha value is -1.25. The molecule has 0 saturated heterocycles. The van der Waals surface area contributed by atoms with Crippen LogP contribution in [0.2, 0.25) is 0 Å². The van der Waals surface area contributed by atoms with E-state index in [4.69, 9.17) is 29.2 Å². The molecular formula is C17H30N8O2S4. The van der Waals surface area contributed by atoms with Crippen LogP contribution in [0.4, 0.5) is 0 Å². The molecule has 2 heterocycles. The van der Waals surface area contributed by atoms with Crippen molar-refractivity contribution in [3.63, 3.8) is 0 Å². The van der Waals surface area contributed by atoms with Crippen molar-refractivity contribution in [2.45, 2.75) is 64.1 Å². The number of ether oxygens (including phenoxy) is 1. The standard InChI is InChI=1S/C11H18N4O2S2.C6H12N4S2/c16-10(17-9-4-2-1-3-5-9)8-19-7-6-15-11(18)12-13-14-15;1-5(3-4-12-2)10-6(11)7-8-9-10/h9H,1-8H2,(H,12,14,18);5H,3-4H2,1-2H3,(H,7,9,11). The molecule has 1 saturated carbocycles. The lowest BCUT2D eigenvalue weighted by atomic mass is 9.98. The molecule has 1 unspecified atom stereocenters. The highest BCUT2D eigenvalue weighted by Gasteiger charge is 2.17. The van der Waals surface area contributed by atoms with Crippen LogP contribution in [0.5, 0.6) is 0 Å². The van der Waals surface area contributed by atoms with Crippen molar-refractivity contribution in [1.82, 2.24) is 40.4 Å². The van der Waals surface area contributed by atoms with Crippen LogP contribution in [0, 0.1) is 9.54 Å². The number of nitrogens with zero attached hydrogens (tertiary/aromatic N) is 6. The van der Waals surface area contributed by atoms with Gasteiger partial charge in [0.15, 0.2) is 0 Å². The minimum Gasteiger partial charge on any atom is -0.462 e. The first-order valence-electron chi connectivity index (χ1n) is 10.2. The molecule has 1 fully saturated rings. The second kappa shape index (κ2) is 14.7. The first-order chi connectivity index (χ1) is 15.0. The van der Waals surface area contributed by atoms with Gasteiger partial charge in [0.05, 0.1) is 18.3 Å². The Bertz CT molecular complexity index is 874. The molecular weight excluding hydrogens is 477 g/mol. The summed E-state index contributed by atoms with van der Waals surface area (Å²) in [6, 6.07) is 0.361. The lowest BCUT2D eigenvalue weighted by Gasteiger charge is -2.21. The van der Waals surface area contributed by atoms with Gasteiger partial charge in [-0.15, -0.1) is 11.8 Å². The van der Waals surface area contributed by atoms with Gasteiger partial charge >= 0.3 is 5.97 Å². The Morgan fingerprint density at radius 2 is 1.87 bits per heavy atom. The molecule has 0 amide bonds. The number of esters is 1. The zero-order valence-electron chi connectivity index (χ0n) is 17.9. The molecule has 0 aliphatic heterocycles. The summed E-state index contributed by atoms with van der Waals surface area (Å²) < 4.78 is 9.89. The summed E-state index contributed by atoms with van der Waals surface area (Å²) in [6.07, 6.45) is 8.98. The first kappa shape index (κ1) is 26.0. The Morgan fingerprint density at radius 1 is 1.16 bits per heavy atom. The maximum atomic E-state index is 11.6. The summed E-state index contributed by atoms with van der Waals surface area (Å²) >= 11 is 13.3. The lowest BCUT2D eigenvalue weighted by Crippen LogP contribution is -2.22. The Morgan fingerprint density at radius 3 is 2.48 bits per heavy atom. The molecule has 0 aromatic carbocycles. The monoisotopic (exact) mass is 506 g/mol. The normalized spacial score (nSPS) is 15.2. The number of aromatic nitrogens is 8. The molecule has 0 radical (unpaired) electrons. The number of rotatable bonds is 10. The minimum atomic E-state index is -0.108. The number of aromatic amines is 2. The molecule has 2 aromatic heterocycles. The first-order valence-corrected chi connectivity index (χ1v) is 13.6. The van der Waals surface area contributed by atoms with Gasteiger partial charge in [0.25, 0.3) is 0 Å². The highest BCUT2D eigenvalue weighted by Crippen LogP contribution is 2.20. The fourth-order valence-electron chi connectivity index (χ4n) is 2.98. The molecule has 1 aliphatic carbocycles. The number of tetrazole rings is 2. The lowest BCUT2D eigenvalue weighted by molar-refractivity contribution is -0.147. The largest absolute Gasteiger partial charge is 0.462 e. The fraction of sp³-hybridized carbons (Fsp3) is 0.824. The van der Waals surface area contributed by atoms with Crippen molar-refractivity contribution >= 4 is 53.9 Å². The van der Waals surface area contributed by atoms with Crippen LogP contribution in [0.15, 0.2) is 0 Å².